The fraction of sp³-hybridized carbons (Fsp3) is 0.273. The largest absolute Gasteiger partial charge is 0.484 e. The van der Waals surface area contributed by atoms with Gasteiger partial charge in [0, 0.05) is 41.8 Å². The van der Waals surface area contributed by atoms with Crippen molar-refractivity contribution < 1.29 is 9.53 Å². The van der Waals surface area contributed by atoms with Crippen LogP contribution in [0.2, 0.25) is 0 Å². The topological polar surface area (TPSA) is 131 Å². The predicted molar refractivity (Wildman–Crippen MR) is 122 cm³/mol. The lowest BCUT2D eigenvalue weighted by Crippen LogP contribution is -2.34. The Kier molecular flexibility index (Phi) is 6.54. The lowest BCUT2D eigenvalue weighted by molar-refractivity contribution is -0.123. The molecule has 1 heterocycles. The first-order valence-electron chi connectivity index (χ1n) is 9.88. The number of anilines is 3. The van der Waals surface area contributed by atoms with Gasteiger partial charge < -0.3 is 26.5 Å². The van der Waals surface area contributed by atoms with E-state index in [0.29, 0.717) is 28.8 Å². The molecule has 1 aromatic heterocycles. The second-order valence-corrected chi connectivity index (χ2v) is 7.49. The molecule has 0 aliphatic carbocycles. The molecule has 3 aromatic rings. The number of nitrogens with zero attached hydrogens (tertiary/aromatic N) is 3. The summed E-state index contributed by atoms with van der Waals surface area (Å²) in [6.07, 6.45) is 1.21. The van der Waals surface area contributed by atoms with Gasteiger partial charge in [0.2, 0.25) is 5.95 Å². The Bertz CT molecular complexity index is 1110. The third-order valence-corrected chi connectivity index (χ3v) is 4.50. The van der Waals surface area contributed by atoms with E-state index in [1.807, 2.05) is 45.0 Å². The standard InChI is InChI=1S/C22H27N7O2/c1-13(2)25-20(30)12-31-19-8-5-15(9-14(19)3)21-27-22(29(4)28-21)26-17-6-7-18(24)16(10-17)11-23/h5-11,13,23H,12,24H2,1-4H3,(H,25,30)(H,26,27,28). The third-order valence-electron chi connectivity index (χ3n) is 4.50. The molecule has 0 saturated carbocycles. The van der Waals surface area contributed by atoms with E-state index in [-0.39, 0.29) is 18.6 Å². The van der Waals surface area contributed by atoms with Gasteiger partial charge in [0.15, 0.2) is 12.4 Å². The Balaban J connectivity index is 1.74. The van der Waals surface area contributed by atoms with Gasteiger partial charge in [-0.3, -0.25) is 4.79 Å². The van der Waals surface area contributed by atoms with E-state index < -0.39 is 0 Å². The SMILES string of the molecule is Cc1cc(-c2nc(Nc3ccc(N)c(C=N)c3)n(C)n2)ccc1OCC(=O)NC(C)C. The first-order chi connectivity index (χ1) is 14.8. The zero-order valence-corrected chi connectivity index (χ0v) is 18.1. The van der Waals surface area contributed by atoms with Crippen LogP contribution in [-0.2, 0) is 11.8 Å². The number of nitrogens with one attached hydrogen (secondary N) is 3. The molecule has 31 heavy (non-hydrogen) atoms. The predicted octanol–water partition coefficient (Wildman–Crippen LogP) is 3.02. The van der Waals surface area contributed by atoms with E-state index in [9.17, 15) is 4.79 Å². The Morgan fingerprint density at radius 1 is 1.29 bits per heavy atom. The summed E-state index contributed by atoms with van der Waals surface area (Å²) in [5.41, 5.74) is 9.48. The lowest BCUT2D eigenvalue weighted by Gasteiger charge is -2.11. The number of nitrogen functional groups attached to an aromatic ring is 1. The molecule has 162 valence electrons. The van der Waals surface area contributed by atoms with Crippen molar-refractivity contribution in [3.63, 3.8) is 0 Å². The van der Waals surface area contributed by atoms with Crippen molar-refractivity contribution in [1.29, 1.82) is 5.41 Å². The molecule has 2 aromatic carbocycles. The molecule has 0 spiro atoms. The summed E-state index contributed by atoms with van der Waals surface area (Å²) >= 11 is 0. The van der Waals surface area contributed by atoms with Gasteiger partial charge in [-0.1, -0.05) is 0 Å². The van der Waals surface area contributed by atoms with Gasteiger partial charge in [-0.15, -0.1) is 5.10 Å². The van der Waals surface area contributed by atoms with Crippen molar-refractivity contribution in [2.75, 3.05) is 17.7 Å². The van der Waals surface area contributed by atoms with Gasteiger partial charge in [0.05, 0.1) is 0 Å². The van der Waals surface area contributed by atoms with E-state index in [1.165, 1.54) is 6.21 Å². The molecule has 0 atom stereocenters. The summed E-state index contributed by atoms with van der Waals surface area (Å²) in [5, 5.41) is 17.9. The highest BCUT2D eigenvalue weighted by Crippen LogP contribution is 2.26. The third kappa shape index (κ3) is 5.39. The summed E-state index contributed by atoms with van der Waals surface area (Å²) in [7, 11) is 1.80. The number of hydrogen-bond acceptors (Lipinski definition) is 7. The number of ether oxygens (including phenoxy) is 1. The molecule has 0 unspecified atom stereocenters. The number of amides is 1. The fourth-order valence-electron chi connectivity index (χ4n) is 2.98. The monoisotopic (exact) mass is 421 g/mol. The zero-order chi connectivity index (χ0) is 22.5. The average Bonchev–Trinajstić information content (AvgIpc) is 3.08. The van der Waals surface area contributed by atoms with Crippen LogP contribution in [0.15, 0.2) is 36.4 Å². The summed E-state index contributed by atoms with van der Waals surface area (Å²) < 4.78 is 7.28. The van der Waals surface area contributed by atoms with Crippen LogP contribution in [0.4, 0.5) is 17.3 Å². The highest BCUT2D eigenvalue weighted by atomic mass is 16.5. The molecule has 0 saturated heterocycles. The highest BCUT2D eigenvalue weighted by Gasteiger charge is 2.13. The Labute approximate surface area is 181 Å². The molecule has 0 radical (unpaired) electrons. The van der Waals surface area contributed by atoms with Gasteiger partial charge in [-0.05, 0) is 62.7 Å². The number of rotatable bonds is 8. The quantitative estimate of drug-likeness (QED) is 0.327. The Morgan fingerprint density at radius 3 is 2.74 bits per heavy atom. The molecule has 9 nitrogen and oxygen atoms in total. The highest BCUT2D eigenvalue weighted by molar-refractivity contribution is 5.87. The first-order valence-corrected chi connectivity index (χ1v) is 9.88. The molecule has 3 rings (SSSR count). The van der Waals surface area contributed by atoms with E-state index in [2.05, 4.69) is 20.7 Å². The number of aromatic nitrogens is 3. The molecular weight excluding hydrogens is 394 g/mol. The van der Waals surface area contributed by atoms with Crippen LogP contribution in [0.5, 0.6) is 5.75 Å². The minimum atomic E-state index is -0.158. The Morgan fingerprint density at radius 2 is 2.06 bits per heavy atom. The van der Waals surface area contributed by atoms with Gasteiger partial charge in [-0.2, -0.15) is 4.98 Å². The number of benzene rings is 2. The summed E-state index contributed by atoms with van der Waals surface area (Å²) in [6, 6.07) is 11.0. The van der Waals surface area contributed by atoms with Crippen LogP contribution in [0, 0.1) is 12.3 Å². The minimum Gasteiger partial charge on any atom is -0.484 e. The number of hydrogen-bond donors (Lipinski definition) is 4. The van der Waals surface area contributed by atoms with Gasteiger partial charge in [-0.25, -0.2) is 4.68 Å². The molecule has 0 aliphatic heterocycles. The van der Waals surface area contributed by atoms with Crippen LogP contribution < -0.4 is 21.1 Å². The van der Waals surface area contributed by atoms with Crippen LogP contribution in [0.1, 0.15) is 25.0 Å². The smallest absolute Gasteiger partial charge is 0.258 e. The van der Waals surface area contributed by atoms with E-state index in [0.717, 1.165) is 16.8 Å². The van der Waals surface area contributed by atoms with E-state index in [4.69, 9.17) is 15.9 Å². The molecule has 0 bridgehead atoms. The maximum atomic E-state index is 11.8. The first kappa shape index (κ1) is 21.8. The van der Waals surface area contributed by atoms with Crippen molar-refractivity contribution in [2.24, 2.45) is 7.05 Å². The number of aryl methyl sites for hydroxylation is 2. The molecule has 0 aliphatic rings. The van der Waals surface area contributed by atoms with Gasteiger partial charge >= 0.3 is 0 Å². The van der Waals surface area contributed by atoms with Gasteiger partial charge in [0.1, 0.15) is 5.75 Å². The van der Waals surface area contributed by atoms with Crippen LogP contribution >= 0.6 is 0 Å². The van der Waals surface area contributed by atoms with Gasteiger partial charge in [0.25, 0.3) is 5.91 Å². The second kappa shape index (κ2) is 9.29. The van der Waals surface area contributed by atoms with Crippen LogP contribution in [0.3, 0.4) is 0 Å². The molecular formula is C22H27N7O2. The number of nitrogens with two attached hydrogens (primary N) is 1. The molecule has 0 fully saturated rings. The average molecular weight is 422 g/mol. The van der Waals surface area contributed by atoms with Crippen molar-refractivity contribution in [3.8, 4) is 17.1 Å². The second-order valence-electron chi connectivity index (χ2n) is 7.49. The van der Waals surface area contributed by atoms with Crippen LogP contribution in [-0.4, -0.2) is 39.5 Å². The molecule has 9 heteroatoms. The summed E-state index contributed by atoms with van der Waals surface area (Å²) in [6.45, 7) is 5.68. The molecule has 1 amide bonds. The molecule has 5 N–H and O–H groups in total. The summed E-state index contributed by atoms with van der Waals surface area (Å²) in [5.74, 6) is 1.59. The normalized spacial score (nSPS) is 10.7. The number of carbonyl (C=O) groups excluding carboxylic acids is 1. The minimum absolute atomic E-state index is 0.0341. The maximum absolute atomic E-state index is 11.8. The van der Waals surface area contributed by atoms with Crippen LogP contribution in [0.25, 0.3) is 11.4 Å². The zero-order valence-electron chi connectivity index (χ0n) is 18.1. The van der Waals surface area contributed by atoms with E-state index >= 15 is 0 Å². The number of carbonyl (C=O) groups is 1. The Hall–Kier alpha value is -3.88. The lowest BCUT2D eigenvalue weighted by atomic mass is 10.1. The van der Waals surface area contributed by atoms with Crippen molar-refractivity contribution in [3.05, 3.63) is 47.5 Å². The maximum Gasteiger partial charge on any atom is 0.258 e. The van der Waals surface area contributed by atoms with Crippen molar-refractivity contribution >= 4 is 29.4 Å². The fourth-order valence-corrected chi connectivity index (χ4v) is 2.98. The van der Waals surface area contributed by atoms with E-state index in [1.54, 1.807) is 23.9 Å². The summed E-state index contributed by atoms with van der Waals surface area (Å²) in [4.78, 5) is 16.4. The van der Waals surface area contributed by atoms with Crippen molar-refractivity contribution in [1.82, 2.24) is 20.1 Å². The van der Waals surface area contributed by atoms with Crippen molar-refractivity contribution in [2.45, 2.75) is 26.8 Å².